The predicted octanol–water partition coefficient (Wildman–Crippen LogP) is 1.38. The molecule has 0 aliphatic heterocycles. The molecule has 0 aromatic carbocycles. The summed E-state index contributed by atoms with van der Waals surface area (Å²) in [5.74, 6) is 2.62. The van der Waals surface area contributed by atoms with Crippen LogP contribution in [-0.4, -0.2) is 30.9 Å². The van der Waals surface area contributed by atoms with Gasteiger partial charge in [0.15, 0.2) is 0 Å². The van der Waals surface area contributed by atoms with Crippen LogP contribution < -0.4 is 5.73 Å². The maximum Gasteiger partial charge on any atom is 0.223 e. The van der Waals surface area contributed by atoms with Crippen molar-refractivity contribution in [1.82, 2.24) is 4.90 Å². The molecule has 1 amide bonds. The Labute approximate surface area is 98.4 Å². The summed E-state index contributed by atoms with van der Waals surface area (Å²) in [6.45, 7) is 1.00. The van der Waals surface area contributed by atoms with Crippen molar-refractivity contribution in [2.45, 2.75) is 38.5 Å². The second-order valence-electron chi connectivity index (χ2n) is 4.90. The minimum absolute atomic E-state index is 0.0399. The number of hydrogen-bond acceptors (Lipinski definition) is 2. The third-order valence-corrected chi connectivity index (χ3v) is 3.63. The van der Waals surface area contributed by atoms with Crippen LogP contribution in [0.5, 0.6) is 0 Å². The maximum absolute atomic E-state index is 11.9. The summed E-state index contributed by atoms with van der Waals surface area (Å²) in [6, 6.07) is 0. The van der Waals surface area contributed by atoms with Gasteiger partial charge in [0.05, 0.1) is 6.54 Å². The molecule has 90 valence electrons. The van der Waals surface area contributed by atoms with Gasteiger partial charge < -0.3 is 10.6 Å². The summed E-state index contributed by atoms with van der Waals surface area (Å²) in [5.41, 5.74) is 5.89. The van der Waals surface area contributed by atoms with E-state index in [-0.39, 0.29) is 11.3 Å². The lowest BCUT2D eigenvalue weighted by atomic mass is 9.71. The average Bonchev–Trinajstić information content (AvgIpc) is 2.30. The van der Waals surface area contributed by atoms with E-state index >= 15 is 0 Å². The quantitative estimate of drug-likeness (QED) is 0.730. The predicted molar refractivity (Wildman–Crippen MR) is 65.7 cm³/mol. The van der Waals surface area contributed by atoms with Gasteiger partial charge in [-0.2, -0.15) is 0 Å². The van der Waals surface area contributed by atoms with Crippen LogP contribution in [0, 0.1) is 17.8 Å². The van der Waals surface area contributed by atoms with E-state index in [2.05, 4.69) is 5.92 Å². The molecule has 1 rings (SSSR count). The molecule has 1 aliphatic carbocycles. The Balaban J connectivity index is 2.55. The summed E-state index contributed by atoms with van der Waals surface area (Å²) in [7, 11) is 1.76. The van der Waals surface area contributed by atoms with Crippen LogP contribution in [-0.2, 0) is 4.79 Å². The molecule has 0 saturated heterocycles. The molecule has 3 nitrogen and oxygen atoms in total. The molecule has 2 N–H and O–H groups in total. The van der Waals surface area contributed by atoms with Gasteiger partial charge in [0, 0.05) is 13.5 Å². The zero-order valence-electron chi connectivity index (χ0n) is 10.2. The molecule has 1 saturated carbocycles. The van der Waals surface area contributed by atoms with E-state index in [1.165, 1.54) is 19.3 Å². The van der Waals surface area contributed by atoms with Crippen molar-refractivity contribution < 1.29 is 4.79 Å². The highest BCUT2D eigenvalue weighted by Crippen LogP contribution is 2.38. The highest BCUT2D eigenvalue weighted by Gasteiger charge is 2.33. The number of nitrogens with zero attached hydrogens (tertiary/aromatic N) is 1. The van der Waals surface area contributed by atoms with Gasteiger partial charge in [0.2, 0.25) is 5.91 Å². The van der Waals surface area contributed by atoms with Crippen molar-refractivity contribution in [2.75, 3.05) is 20.1 Å². The number of terminal acetylenes is 1. The molecule has 0 heterocycles. The number of nitrogens with two attached hydrogens (primary N) is 1. The lowest BCUT2D eigenvalue weighted by molar-refractivity contribution is -0.132. The summed E-state index contributed by atoms with van der Waals surface area (Å²) >= 11 is 0. The first kappa shape index (κ1) is 13.1. The number of carbonyl (C=O) groups is 1. The zero-order chi connectivity index (χ0) is 12.0. The van der Waals surface area contributed by atoms with E-state index in [9.17, 15) is 4.79 Å². The Morgan fingerprint density at radius 3 is 2.56 bits per heavy atom. The van der Waals surface area contributed by atoms with Crippen LogP contribution in [0.25, 0.3) is 0 Å². The van der Waals surface area contributed by atoms with Crippen LogP contribution in [0.4, 0.5) is 0 Å². The van der Waals surface area contributed by atoms with E-state index in [0.717, 1.165) is 12.8 Å². The zero-order valence-corrected chi connectivity index (χ0v) is 10.2. The van der Waals surface area contributed by atoms with Gasteiger partial charge in [-0.25, -0.2) is 0 Å². The minimum Gasteiger partial charge on any atom is -0.335 e. The van der Waals surface area contributed by atoms with E-state index in [4.69, 9.17) is 12.2 Å². The highest BCUT2D eigenvalue weighted by molar-refractivity contribution is 5.77. The number of rotatable bonds is 4. The lowest BCUT2D eigenvalue weighted by Crippen LogP contribution is -2.39. The number of carbonyl (C=O) groups excluding carboxylic acids is 1. The lowest BCUT2D eigenvalue weighted by Gasteiger charge is -2.36. The molecule has 16 heavy (non-hydrogen) atoms. The van der Waals surface area contributed by atoms with Crippen LogP contribution in [0.2, 0.25) is 0 Å². The van der Waals surface area contributed by atoms with E-state index in [0.29, 0.717) is 19.5 Å². The Bertz CT molecular complexity index is 274. The van der Waals surface area contributed by atoms with Gasteiger partial charge >= 0.3 is 0 Å². The summed E-state index contributed by atoms with van der Waals surface area (Å²) in [4.78, 5) is 13.6. The topological polar surface area (TPSA) is 46.3 Å². The molecule has 0 unspecified atom stereocenters. The van der Waals surface area contributed by atoms with Crippen LogP contribution in [0.3, 0.4) is 0 Å². The average molecular weight is 222 g/mol. The highest BCUT2D eigenvalue weighted by atomic mass is 16.2. The fourth-order valence-corrected chi connectivity index (χ4v) is 2.44. The van der Waals surface area contributed by atoms with Gasteiger partial charge in [0.1, 0.15) is 0 Å². The van der Waals surface area contributed by atoms with Gasteiger partial charge in [-0.15, -0.1) is 6.42 Å². The third-order valence-electron chi connectivity index (χ3n) is 3.63. The fourth-order valence-electron chi connectivity index (χ4n) is 2.44. The molecule has 0 radical (unpaired) electrons. The van der Waals surface area contributed by atoms with Gasteiger partial charge in [-0.3, -0.25) is 4.79 Å². The summed E-state index contributed by atoms with van der Waals surface area (Å²) < 4.78 is 0. The van der Waals surface area contributed by atoms with Crippen LogP contribution in [0.1, 0.15) is 38.5 Å². The smallest absolute Gasteiger partial charge is 0.223 e. The fraction of sp³-hybridized carbons (Fsp3) is 0.769. The third kappa shape index (κ3) is 3.24. The van der Waals surface area contributed by atoms with Crippen molar-refractivity contribution >= 4 is 5.91 Å². The standard InChI is InChI=1S/C13H22N2O/c1-3-9-15(2)12(16)10-13(11-14)7-5-4-6-8-13/h1H,4-11,14H2,2H3. The van der Waals surface area contributed by atoms with Gasteiger partial charge in [0.25, 0.3) is 0 Å². The number of amides is 1. The van der Waals surface area contributed by atoms with E-state index < -0.39 is 0 Å². The van der Waals surface area contributed by atoms with Crippen molar-refractivity contribution in [2.24, 2.45) is 11.1 Å². The normalized spacial score (nSPS) is 18.8. The second kappa shape index (κ2) is 5.91. The maximum atomic E-state index is 11.9. The van der Waals surface area contributed by atoms with Crippen molar-refractivity contribution in [3.8, 4) is 12.3 Å². The van der Waals surface area contributed by atoms with Crippen molar-refractivity contribution in [1.29, 1.82) is 0 Å². The van der Waals surface area contributed by atoms with E-state index in [1.54, 1.807) is 11.9 Å². The Morgan fingerprint density at radius 1 is 1.44 bits per heavy atom. The Hall–Kier alpha value is -1.01. The van der Waals surface area contributed by atoms with Crippen LogP contribution >= 0.6 is 0 Å². The van der Waals surface area contributed by atoms with Crippen molar-refractivity contribution in [3.05, 3.63) is 0 Å². The monoisotopic (exact) mass is 222 g/mol. The van der Waals surface area contributed by atoms with Gasteiger partial charge in [-0.05, 0) is 24.8 Å². The van der Waals surface area contributed by atoms with Crippen molar-refractivity contribution in [3.63, 3.8) is 0 Å². The Kier molecular flexibility index (Phi) is 4.82. The molecular weight excluding hydrogens is 200 g/mol. The van der Waals surface area contributed by atoms with E-state index in [1.807, 2.05) is 0 Å². The SMILES string of the molecule is C#CCN(C)C(=O)CC1(CN)CCCCC1. The van der Waals surface area contributed by atoms with Crippen LogP contribution in [0.15, 0.2) is 0 Å². The molecule has 0 aromatic heterocycles. The number of hydrogen-bond donors (Lipinski definition) is 1. The Morgan fingerprint density at radius 2 is 2.06 bits per heavy atom. The molecule has 0 spiro atoms. The first-order valence-electron chi connectivity index (χ1n) is 6.01. The largest absolute Gasteiger partial charge is 0.335 e. The summed E-state index contributed by atoms with van der Waals surface area (Å²) in [6.07, 6.45) is 11.6. The molecule has 3 heteroatoms. The summed E-state index contributed by atoms with van der Waals surface area (Å²) in [5, 5.41) is 0. The minimum atomic E-state index is 0.0399. The second-order valence-corrected chi connectivity index (χ2v) is 4.90. The molecule has 0 atom stereocenters. The molecule has 1 aliphatic rings. The molecule has 0 aromatic rings. The first-order valence-corrected chi connectivity index (χ1v) is 6.01. The first-order chi connectivity index (χ1) is 7.63. The molecule has 1 fully saturated rings. The molecule has 0 bridgehead atoms. The molecular formula is C13H22N2O. The van der Waals surface area contributed by atoms with Gasteiger partial charge in [-0.1, -0.05) is 25.2 Å².